The SMILES string of the molecule is CCCCC(C)CC.CCCCCCCCCCCCCCCC(=O)O. The summed E-state index contributed by atoms with van der Waals surface area (Å²) < 4.78 is 0. The molecule has 0 saturated heterocycles. The third-order valence-corrected chi connectivity index (χ3v) is 5.24. The smallest absolute Gasteiger partial charge is 0.303 e. The lowest BCUT2D eigenvalue weighted by atomic mass is 10.0. The molecule has 0 rings (SSSR count). The van der Waals surface area contributed by atoms with E-state index in [9.17, 15) is 4.79 Å². The van der Waals surface area contributed by atoms with Crippen LogP contribution in [0.5, 0.6) is 0 Å². The molecule has 26 heavy (non-hydrogen) atoms. The van der Waals surface area contributed by atoms with Crippen molar-refractivity contribution in [2.24, 2.45) is 5.92 Å². The molecule has 0 saturated carbocycles. The molecule has 1 atom stereocenters. The van der Waals surface area contributed by atoms with Crippen LogP contribution in [-0.4, -0.2) is 11.1 Å². The molecule has 158 valence electrons. The Kier molecular flexibility index (Phi) is 26.1. The van der Waals surface area contributed by atoms with Crippen molar-refractivity contribution in [2.45, 2.75) is 143 Å². The van der Waals surface area contributed by atoms with Gasteiger partial charge in [-0.05, 0) is 12.3 Å². The number of hydrogen-bond donors (Lipinski definition) is 1. The average molecular weight is 371 g/mol. The van der Waals surface area contributed by atoms with Crippen LogP contribution in [0.2, 0.25) is 0 Å². The van der Waals surface area contributed by atoms with Gasteiger partial charge in [-0.15, -0.1) is 0 Å². The largest absolute Gasteiger partial charge is 0.481 e. The first-order valence-corrected chi connectivity index (χ1v) is 11.8. The van der Waals surface area contributed by atoms with E-state index in [0.29, 0.717) is 6.42 Å². The predicted molar refractivity (Wildman–Crippen MR) is 117 cm³/mol. The van der Waals surface area contributed by atoms with Crippen molar-refractivity contribution in [3.63, 3.8) is 0 Å². The van der Waals surface area contributed by atoms with E-state index in [2.05, 4.69) is 27.7 Å². The lowest BCUT2D eigenvalue weighted by molar-refractivity contribution is -0.137. The zero-order valence-corrected chi connectivity index (χ0v) is 18.7. The van der Waals surface area contributed by atoms with E-state index >= 15 is 0 Å². The highest BCUT2D eigenvalue weighted by Crippen LogP contribution is 2.13. The van der Waals surface area contributed by atoms with Crippen LogP contribution in [-0.2, 0) is 4.79 Å². The van der Waals surface area contributed by atoms with Crippen molar-refractivity contribution in [1.82, 2.24) is 0 Å². The van der Waals surface area contributed by atoms with Gasteiger partial charge in [0.2, 0.25) is 0 Å². The number of rotatable bonds is 18. The number of hydrogen-bond acceptors (Lipinski definition) is 1. The minimum Gasteiger partial charge on any atom is -0.481 e. The van der Waals surface area contributed by atoms with E-state index in [1.165, 1.54) is 96.3 Å². The summed E-state index contributed by atoms with van der Waals surface area (Å²) in [6.45, 7) is 9.11. The van der Waals surface area contributed by atoms with Gasteiger partial charge in [0.1, 0.15) is 0 Å². The predicted octanol–water partition coefficient (Wildman–Crippen LogP) is 8.78. The highest BCUT2D eigenvalue weighted by molar-refractivity contribution is 5.66. The van der Waals surface area contributed by atoms with Gasteiger partial charge in [-0.25, -0.2) is 0 Å². The first-order chi connectivity index (χ1) is 12.6. The van der Waals surface area contributed by atoms with Crippen LogP contribution in [0.15, 0.2) is 0 Å². The third kappa shape index (κ3) is 28.3. The van der Waals surface area contributed by atoms with Gasteiger partial charge < -0.3 is 5.11 Å². The molecule has 0 fully saturated rings. The average Bonchev–Trinajstić information content (AvgIpc) is 2.63. The Bertz CT molecular complexity index is 263. The zero-order chi connectivity index (χ0) is 19.9. The fourth-order valence-electron chi connectivity index (χ4n) is 3.05. The molecule has 0 radical (unpaired) electrons. The lowest BCUT2D eigenvalue weighted by Crippen LogP contribution is -1.93. The van der Waals surface area contributed by atoms with Crippen LogP contribution in [0, 0.1) is 5.92 Å². The molecule has 1 N–H and O–H groups in total. The van der Waals surface area contributed by atoms with Crippen LogP contribution < -0.4 is 0 Å². The van der Waals surface area contributed by atoms with E-state index in [0.717, 1.165) is 18.8 Å². The summed E-state index contributed by atoms with van der Waals surface area (Å²) >= 11 is 0. The van der Waals surface area contributed by atoms with Crippen molar-refractivity contribution in [3.05, 3.63) is 0 Å². The Hall–Kier alpha value is -0.530. The summed E-state index contributed by atoms with van der Waals surface area (Å²) in [6, 6.07) is 0. The number of carboxylic acid groups (broad SMARTS) is 1. The van der Waals surface area contributed by atoms with Crippen molar-refractivity contribution < 1.29 is 9.90 Å². The first-order valence-electron chi connectivity index (χ1n) is 11.8. The number of carboxylic acids is 1. The van der Waals surface area contributed by atoms with Crippen LogP contribution in [0.4, 0.5) is 0 Å². The van der Waals surface area contributed by atoms with Gasteiger partial charge >= 0.3 is 5.97 Å². The summed E-state index contributed by atoms with van der Waals surface area (Å²) in [7, 11) is 0. The van der Waals surface area contributed by atoms with Gasteiger partial charge in [-0.2, -0.15) is 0 Å². The molecule has 0 aromatic heterocycles. The van der Waals surface area contributed by atoms with E-state index < -0.39 is 5.97 Å². The van der Waals surface area contributed by atoms with E-state index in [1.54, 1.807) is 0 Å². The molecule has 0 spiro atoms. The molecular weight excluding hydrogens is 320 g/mol. The van der Waals surface area contributed by atoms with Crippen LogP contribution in [0.3, 0.4) is 0 Å². The molecule has 0 aliphatic rings. The van der Waals surface area contributed by atoms with Gasteiger partial charge in [-0.3, -0.25) is 4.79 Å². The summed E-state index contributed by atoms with van der Waals surface area (Å²) in [5.41, 5.74) is 0. The molecule has 0 aliphatic carbocycles. The van der Waals surface area contributed by atoms with Crippen LogP contribution in [0.1, 0.15) is 143 Å². The second kappa shape index (κ2) is 24.5. The van der Waals surface area contributed by atoms with Gasteiger partial charge in [0, 0.05) is 6.42 Å². The Labute approximate surface area is 165 Å². The maximum atomic E-state index is 10.3. The Balaban J connectivity index is 0. The topological polar surface area (TPSA) is 37.3 Å². The van der Waals surface area contributed by atoms with Gasteiger partial charge in [0.15, 0.2) is 0 Å². The van der Waals surface area contributed by atoms with Crippen molar-refractivity contribution >= 4 is 5.97 Å². The fourth-order valence-corrected chi connectivity index (χ4v) is 3.05. The molecule has 0 aromatic rings. The molecule has 2 nitrogen and oxygen atoms in total. The third-order valence-electron chi connectivity index (χ3n) is 5.24. The molecule has 0 heterocycles. The van der Waals surface area contributed by atoms with E-state index in [-0.39, 0.29) is 0 Å². The number of unbranched alkanes of at least 4 members (excludes halogenated alkanes) is 13. The Morgan fingerprint density at radius 1 is 0.654 bits per heavy atom. The van der Waals surface area contributed by atoms with Gasteiger partial charge in [0.25, 0.3) is 0 Å². The van der Waals surface area contributed by atoms with E-state index in [4.69, 9.17) is 5.11 Å². The summed E-state index contributed by atoms with van der Waals surface area (Å²) in [5, 5.41) is 8.49. The van der Waals surface area contributed by atoms with Crippen LogP contribution in [0.25, 0.3) is 0 Å². The zero-order valence-electron chi connectivity index (χ0n) is 18.7. The number of aliphatic carboxylic acids is 1. The lowest BCUT2D eigenvalue weighted by Gasteiger charge is -2.04. The standard InChI is InChI=1S/C16H32O2.C8H18/c1-2-3-4-5-6-7-8-9-10-11-12-13-14-15-16(17)18;1-4-6-7-8(3)5-2/h2-15H2,1H3,(H,17,18);8H,4-7H2,1-3H3. The minimum absolute atomic E-state index is 0.345. The maximum Gasteiger partial charge on any atom is 0.303 e. The maximum absolute atomic E-state index is 10.3. The molecule has 0 aromatic carbocycles. The highest BCUT2D eigenvalue weighted by atomic mass is 16.4. The van der Waals surface area contributed by atoms with Gasteiger partial charge in [-0.1, -0.05) is 130 Å². The molecule has 0 amide bonds. The Morgan fingerprint density at radius 3 is 1.38 bits per heavy atom. The highest BCUT2D eigenvalue weighted by Gasteiger charge is 1.97. The normalized spacial score (nSPS) is 11.7. The Morgan fingerprint density at radius 2 is 1.04 bits per heavy atom. The molecule has 1 unspecified atom stereocenters. The summed E-state index contributed by atoms with van der Waals surface area (Å²) in [4.78, 5) is 10.3. The first kappa shape index (κ1) is 27.7. The van der Waals surface area contributed by atoms with Crippen molar-refractivity contribution in [2.75, 3.05) is 0 Å². The monoisotopic (exact) mass is 370 g/mol. The summed E-state index contributed by atoms with van der Waals surface area (Å²) in [6.07, 6.45) is 22.8. The van der Waals surface area contributed by atoms with Gasteiger partial charge in [0.05, 0.1) is 0 Å². The second-order valence-corrected chi connectivity index (χ2v) is 8.04. The molecule has 0 aliphatic heterocycles. The quantitative estimate of drug-likeness (QED) is 0.245. The van der Waals surface area contributed by atoms with E-state index in [1.807, 2.05) is 0 Å². The molecular formula is C24H50O2. The van der Waals surface area contributed by atoms with Crippen LogP contribution >= 0.6 is 0 Å². The second-order valence-electron chi connectivity index (χ2n) is 8.04. The summed E-state index contributed by atoms with van der Waals surface area (Å²) in [5.74, 6) is 0.299. The molecule has 0 bridgehead atoms. The minimum atomic E-state index is -0.655. The van der Waals surface area contributed by atoms with Crippen molar-refractivity contribution in [3.8, 4) is 0 Å². The fraction of sp³-hybridized carbons (Fsp3) is 0.958. The number of carbonyl (C=O) groups is 1. The van der Waals surface area contributed by atoms with Crippen molar-refractivity contribution in [1.29, 1.82) is 0 Å². The molecule has 2 heteroatoms.